The van der Waals surface area contributed by atoms with Gasteiger partial charge in [0, 0.05) is 41.3 Å². The Bertz CT molecular complexity index is 2370. The second kappa shape index (κ2) is 15.8. The Morgan fingerprint density at radius 3 is 2.55 bits per heavy atom. The second-order valence-electron chi connectivity index (χ2n) is 10.9. The Balaban J connectivity index is 1.36. The van der Waals surface area contributed by atoms with Gasteiger partial charge in [-0.05, 0) is 64.3 Å². The van der Waals surface area contributed by atoms with Crippen LogP contribution in [0, 0.1) is 18.3 Å². The molecule has 2 aromatic carbocycles. The van der Waals surface area contributed by atoms with E-state index in [0.717, 1.165) is 4.57 Å². The number of aryl methyl sites for hydroxylation is 2. The number of methoxy groups -OCH3 is 2. The van der Waals surface area contributed by atoms with Gasteiger partial charge in [0.25, 0.3) is 11.5 Å². The molecule has 5 rings (SSSR count). The van der Waals surface area contributed by atoms with E-state index in [1.165, 1.54) is 43.7 Å². The lowest BCUT2D eigenvalue weighted by molar-refractivity contribution is -0.123. The molecule has 0 aliphatic rings. The minimum Gasteiger partial charge on any atom is -0.493 e. The number of nitrogens with one attached hydrogen (secondary N) is 1. The van der Waals surface area contributed by atoms with Crippen LogP contribution in [0.2, 0.25) is 10.0 Å². The number of halogens is 3. The van der Waals surface area contributed by atoms with Crippen molar-refractivity contribution in [3.8, 4) is 29.5 Å². The average molecular weight is 800 g/mol. The number of hydrogen-bond donors (Lipinski definition) is 1. The molecule has 0 fully saturated rings. The third kappa shape index (κ3) is 7.76. The highest BCUT2D eigenvalue weighted by Crippen LogP contribution is 2.34. The molecule has 0 unspecified atom stereocenters. The van der Waals surface area contributed by atoms with E-state index in [-0.39, 0.29) is 53.3 Å². The lowest BCUT2D eigenvalue weighted by Crippen LogP contribution is -2.37. The lowest BCUT2D eigenvalue weighted by atomic mass is 10.1. The van der Waals surface area contributed by atoms with E-state index in [4.69, 9.17) is 42.1 Å². The van der Waals surface area contributed by atoms with Gasteiger partial charge in [-0.2, -0.15) is 15.3 Å². The van der Waals surface area contributed by atoms with Crippen LogP contribution < -0.4 is 30.9 Å². The van der Waals surface area contributed by atoms with Crippen LogP contribution in [0.25, 0.3) is 11.2 Å². The monoisotopic (exact) mass is 798 g/mol. The van der Waals surface area contributed by atoms with Crippen LogP contribution in [0.3, 0.4) is 0 Å². The highest BCUT2D eigenvalue weighted by atomic mass is 79.9. The Labute approximate surface area is 308 Å². The Morgan fingerprint density at radius 2 is 1.86 bits per heavy atom. The number of hydrazone groups is 1. The Kier molecular flexibility index (Phi) is 11.5. The number of rotatable bonds is 12. The fourth-order valence-electron chi connectivity index (χ4n) is 4.98. The number of aromatic nitrogens is 5. The summed E-state index contributed by atoms with van der Waals surface area (Å²) in [7, 11) is 5.81. The van der Waals surface area contributed by atoms with Crippen molar-refractivity contribution in [3.63, 3.8) is 0 Å². The molecule has 0 bridgehead atoms. The predicted octanol–water partition coefficient (Wildman–Crippen LogP) is 4.60. The number of imidazole rings is 1. The molecule has 15 nitrogen and oxygen atoms in total. The molecule has 0 atom stereocenters. The molecule has 3 heterocycles. The maximum absolute atomic E-state index is 13.3. The zero-order chi connectivity index (χ0) is 37.0. The maximum atomic E-state index is 13.3. The number of amides is 1. The van der Waals surface area contributed by atoms with Crippen molar-refractivity contribution < 1.29 is 23.7 Å². The van der Waals surface area contributed by atoms with Crippen LogP contribution in [0.4, 0.5) is 0 Å². The van der Waals surface area contributed by atoms with Gasteiger partial charge in [0.1, 0.15) is 11.6 Å². The first kappa shape index (κ1) is 37.1. The van der Waals surface area contributed by atoms with Gasteiger partial charge in [-0.3, -0.25) is 23.3 Å². The molecule has 0 spiro atoms. The summed E-state index contributed by atoms with van der Waals surface area (Å²) < 4.78 is 26.8. The molecule has 18 heteroatoms. The quantitative estimate of drug-likeness (QED) is 0.139. The minimum absolute atomic E-state index is 0.00270. The van der Waals surface area contributed by atoms with Gasteiger partial charge in [0.05, 0.1) is 32.2 Å². The van der Waals surface area contributed by atoms with Gasteiger partial charge in [-0.25, -0.2) is 15.2 Å². The predicted molar refractivity (Wildman–Crippen MR) is 192 cm³/mol. The summed E-state index contributed by atoms with van der Waals surface area (Å²) in [6.45, 7) is 1.48. The van der Waals surface area contributed by atoms with Crippen LogP contribution in [0.15, 0.2) is 55.6 Å². The van der Waals surface area contributed by atoms with E-state index in [2.05, 4.69) is 36.4 Å². The first-order chi connectivity index (χ1) is 24.4. The molecule has 5 aromatic rings. The summed E-state index contributed by atoms with van der Waals surface area (Å²) in [6, 6.07) is 11.8. The number of ether oxygens (including phenoxy) is 4. The highest BCUT2D eigenvalue weighted by molar-refractivity contribution is 9.10. The normalized spacial score (nSPS) is 11.2. The van der Waals surface area contributed by atoms with Gasteiger partial charge >= 0.3 is 11.7 Å². The van der Waals surface area contributed by atoms with Crippen molar-refractivity contribution in [3.05, 3.63) is 99.7 Å². The smallest absolute Gasteiger partial charge is 0.332 e. The fraction of sp³-hybridized carbons (Fsp3) is 0.242. The molecule has 0 saturated carbocycles. The molecule has 0 saturated heterocycles. The van der Waals surface area contributed by atoms with Gasteiger partial charge in [-0.1, -0.05) is 29.3 Å². The summed E-state index contributed by atoms with van der Waals surface area (Å²) in [5, 5.41) is 14.4. The number of fused-ring (bicyclic) bond motifs is 1. The molecule has 264 valence electrons. The van der Waals surface area contributed by atoms with E-state index >= 15 is 0 Å². The van der Waals surface area contributed by atoms with Crippen molar-refractivity contribution in [2.75, 3.05) is 20.8 Å². The molecule has 0 aliphatic carbocycles. The van der Waals surface area contributed by atoms with Crippen molar-refractivity contribution in [1.82, 2.24) is 29.1 Å². The highest BCUT2D eigenvalue weighted by Gasteiger charge is 2.23. The van der Waals surface area contributed by atoms with Gasteiger partial charge in [0.2, 0.25) is 5.88 Å². The zero-order valence-electron chi connectivity index (χ0n) is 27.8. The Morgan fingerprint density at radius 1 is 1.10 bits per heavy atom. The van der Waals surface area contributed by atoms with E-state index in [1.807, 2.05) is 6.07 Å². The summed E-state index contributed by atoms with van der Waals surface area (Å²) in [5.41, 5.74) is 3.88. The van der Waals surface area contributed by atoms with Gasteiger partial charge in [0.15, 0.2) is 29.3 Å². The van der Waals surface area contributed by atoms with Crippen LogP contribution in [-0.4, -0.2) is 56.6 Å². The largest absolute Gasteiger partial charge is 0.493 e. The number of nitrogens with zero attached hydrogens (tertiary/aromatic N) is 7. The van der Waals surface area contributed by atoms with Crippen molar-refractivity contribution >= 4 is 62.4 Å². The van der Waals surface area contributed by atoms with E-state index in [1.54, 1.807) is 43.3 Å². The topological polar surface area (TPSA) is 177 Å². The SMILES string of the molecule is COCc1c(Br)c(C)nc(OCC(=O)N/N=C\c2ccc(Oc3nc4c(c(=O)n(C)c(=O)n4C)n3Cc3ccc(Cl)cc3Cl)c(OC)c2)c1C#N. The number of pyridine rings is 1. The molecule has 51 heavy (non-hydrogen) atoms. The third-order valence-electron chi connectivity index (χ3n) is 7.56. The van der Waals surface area contributed by atoms with Crippen molar-refractivity contribution in [2.45, 2.75) is 20.1 Å². The van der Waals surface area contributed by atoms with Crippen LogP contribution in [-0.2, 0) is 36.8 Å². The van der Waals surface area contributed by atoms with Crippen LogP contribution >= 0.6 is 39.1 Å². The molecule has 0 aliphatic heterocycles. The van der Waals surface area contributed by atoms with Gasteiger partial charge in [-0.15, -0.1) is 0 Å². The first-order valence-electron chi connectivity index (χ1n) is 14.9. The molecule has 1 N–H and O–H groups in total. The summed E-state index contributed by atoms with van der Waals surface area (Å²) in [4.78, 5) is 47.3. The standard InChI is InChI=1S/C33H29BrCl2N8O7/c1-17-27(34)22(15-48-4)21(12-37)30(39-17)50-16-26(45)41-38-13-18-6-9-24(25(10-18)49-5)51-32-40-29-28(31(46)43(3)33(47)42(29)2)44(32)14-19-7-8-20(35)11-23(19)36/h6-11,13H,14-16H2,1-5H3,(H,41,45)/b38-13-. The van der Waals surface area contributed by atoms with Crippen molar-refractivity contribution in [1.29, 1.82) is 5.26 Å². The minimum atomic E-state index is -0.599. The Hall–Kier alpha value is -5.21. The van der Waals surface area contributed by atoms with Crippen LogP contribution in [0.1, 0.15) is 27.9 Å². The van der Waals surface area contributed by atoms with E-state index in [0.29, 0.717) is 36.9 Å². The number of carbonyl (C=O) groups is 1. The number of nitriles is 1. The lowest BCUT2D eigenvalue weighted by Gasteiger charge is -2.13. The van der Waals surface area contributed by atoms with Crippen LogP contribution in [0.5, 0.6) is 23.4 Å². The summed E-state index contributed by atoms with van der Waals surface area (Å²) in [6.07, 6.45) is 1.38. The molecule has 3 aromatic heterocycles. The third-order valence-corrected chi connectivity index (χ3v) is 9.20. The second-order valence-corrected chi connectivity index (χ2v) is 12.5. The molecular weight excluding hydrogens is 771 g/mol. The molecular formula is C33H29BrCl2N8O7. The maximum Gasteiger partial charge on any atom is 0.332 e. The number of benzene rings is 2. The number of hydrogen-bond acceptors (Lipinski definition) is 11. The molecule has 1 amide bonds. The van der Waals surface area contributed by atoms with Crippen molar-refractivity contribution in [2.24, 2.45) is 19.2 Å². The number of carbonyl (C=O) groups excluding carboxylic acids is 1. The average Bonchev–Trinajstić information content (AvgIpc) is 3.46. The molecule has 0 radical (unpaired) electrons. The van der Waals surface area contributed by atoms with E-state index in [9.17, 15) is 19.6 Å². The van der Waals surface area contributed by atoms with Gasteiger partial charge < -0.3 is 18.9 Å². The first-order valence-corrected chi connectivity index (χ1v) is 16.4. The summed E-state index contributed by atoms with van der Waals surface area (Å²) in [5.74, 6) is -0.104. The zero-order valence-corrected chi connectivity index (χ0v) is 30.9. The van der Waals surface area contributed by atoms with E-state index < -0.39 is 23.8 Å². The fourth-order valence-corrected chi connectivity index (χ4v) is 5.85. The summed E-state index contributed by atoms with van der Waals surface area (Å²) >= 11 is 16.0.